The Bertz CT molecular complexity index is 2250. The smallest absolute Gasteiger partial charge is 0.337 e. The van der Waals surface area contributed by atoms with Gasteiger partial charge in [-0.2, -0.15) is 0 Å². The first-order valence-electron chi connectivity index (χ1n) is 15.3. The van der Waals surface area contributed by atoms with Gasteiger partial charge in [-0.05, 0) is 50.6 Å². The Morgan fingerprint density at radius 1 is 0.761 bits per heavy atom. The number of halogens is 2. The van der Waals surface area contributed by atoms with E-state index in [1.54, 1.807) is 0 Å². The van der Waals surface area contributed by atoms with E-state index in [4.69, 9.17) is 27.6 Å². The number of rotatable bonds is 8. The van der Waals surface area contributed by atoms with E-state index in [1.165, 1.54) is 0 Å². The van der Waals surface area contributed by atoms with Crippen LogP contribution in [-0.2, 0) is 0 Å². The van der Waals surface area contributed by atoms with Gasteiger partial charge in [-0.3, -0.25) is 0 Å². The third-order valence-corrected chi connectivity index (χ3v) is 9.50. The van der Waals surface area contributed by atoms with Crippen LogP contribution in [0.4, 0.5) is 5.69 Å². The molecule has 0 fully saturated rings. The van der Waals surface area contributed by atoms with Crippen LogP contribution in [0, 0.1) is 0 Å². The van der Waals surface area contributed by atoms with Crippen molar-refractivity contribution in [1.29, 1.82) is 0 Å². The number of hydrogen-bond acceptors (Lipinski definition) is 4. The average molecular weight is 657 g/mol. The van der Waals surface area contributed by atoms with Crippen molar-refractivity contribution in [2.75, 3.05) is 31.1 Å². The van der Waals surface area contributed by atoms with Gasteiger partial charge in [0.25, 0.3) is 0 Å². The molecule has 0 radical (unpaired) electrons. The second-order valence-corrected chi connectivity index (χ2v) is 11.8. The second kappa shape index (κ2) is 12.3. The highest BCUT2D eigenvalue weighted by Crippen LogP contribution is 2.51. The molecule has 4 aromatic carbocycles. The molecule has 2 aliphatic rings. The Balaban J connectivity index is 2.02. The highest BCUT2D eigenvalue weighted by atomic mass is 35.5. The molecule has 9 heteroatoms. The number of hydrogen-bond donors (Lipinski definition) is 2. The third-order valence-electron chi connectivity index (χ3n) is 8.81. The predicted molar refractivity (Wildman–Crippen MR) is 187 cm³/mol. The summed E-state index contributed by atoms with van der Waals surface area (Å²) in [6.07, 6.45) is 0. The molecule has 1 aliphatic heterocycles. The van der Waals surface area contributed by atoms with Crippen LogP contribution < -0.4 is 14.8 Å². The summed E-state index contributed by atoms with van der Waals surface area (Å²) < 4.78 is 9.08. The van der Waals surface area contributed by atoms with Gasteiger partial charge in [-0.15, -0.1) is 0 Å². The van der Waals surface area contributed by atoms with Gasteiger partial charge in [0, 0.05) is 52.3 Å². The molecule has 1 aliphatic carbocycles. The fraction of sp³-hybridized carbons (Fsp3) is 0.216. The zero-order chi connectivity index (χ0) is 32.9. The standard InChI is InChI=1S/C37H32Cl2N2O5/c1-5-40(6-2)26-18-28-30(22-15-11-9-13-20(22)26)33(34-32(37(44)45)25(38)17-24(35(34)39)36(42)43)31-23-16-12-10-14-21(23)27(19-29(31)46-28)41(7-3)8-4/h9-19H,5-8H2,1-4H3,(H-,42,43,44,45)/p+1. The molecule has 7 nitrogen and oxygen atoms in total. The van der Waals surface area contributed by atoms with Gasteiger partial charge < -0.3 is 19.5 Å². The lowest BCUT2D eigenvalue weighted by atomic mass is 9.85. The van der Waals surface area contributed by atoms with E-state index >= 15 is 0 Å². The second-order valence-electron chi connectivity index (χ2n) is 11.0. The Morgan fingerprint density at radius 2 is 1.37 bits per heavy atom. The first kappa shape index (κ1) is 31.4. The highest BCUT2D eigenvalue weighted by molar-refractivity contribution is 6.42. The van der Waals surface area contributed by atoms with Crippen LogP contribution in [0.2, 0.25) is 10.0 Å². The van der Waals surface area contributed by atoms with Crippen LogP contribution >= 0.6 is 23.2 Å². The lowest BCUT2D eigenvalue weighted by Gasteiger charge is -2.26. The van der Waals surface area contributed by atoms with Crippen LogP contribution in [0.3, 0.4) is 0 Å². The molecule has 46 heavy (non-hydrogen) atoms. The van der Waals surface area contributed by atoms with Crippen LogP contribution in [-0.4, -0.2) is 48.3 Å². The molecule has 0 bridgehead atoms. The topological polar surface area (TPSA) is 94.0 Å². The van der Waals surface area contributed by atoms with Crippen molar-refractivity contribution in [3.8, 4) is 22.5 Å². The molecule has 234 valence electrons. The largest absolute Gasteiger partial charge is 0.478 e. The zero-order valence-corrected chi connectivity index (χ0v) is 27.5. The van der Waals surface area contributed by atoms with Crippen molar-refractivity contribution < 1.29 is 24.2 Å². The summed E-state index contributed by atoms with van der Waals surface area (Å²) in [7, 11) is 0. The van der Waals surface area contributed by atoms with Crippen LogP contribution in [0.15, 0.2) is 71.1 Å². The normalized spacial score (nSPS) is 11.5. The first-order chi connectivity index (χ1) is 22.2. The molecule has 2 N–H and O–H groups in total. The SMILES string of the molecule is CCN(CC)c1cc2oc3cc(=[N+](CC)CC)c4ccccc4c-3c(-c3c(Cl)c(C(=O)O)cc(Cl)c3C(=O)O)c2c2ccccc12. The van der Waals surface area contributed by atoms with Crippen LogP contribution in [0.1, 0.15) is 48.4 Å². The van der Waals surface area contributed by atoms with Gasteiger partial charge in [0.15, 0.2) is 0 Å². The van der Waals surface area contributed by atoms with Gasteiger partial charge in [0.1, 0.15) is 24.4 Å². The molecule has 0 saturated heterocycles. The Kier molecular flexibility index (Phi) is 8.40. The van der Waals surface area contributed by atoms with E-state index in [0.717, 1.165) is 64.8 Å². The van der Waals surface area contributed by atoms with E-state index in [0.29, 0.717) is 27.9 Å². The molecule has 6 rings (SSSR count). The quantitative estimate of drug-likeness (QED) is 0.0966. The minimum absolute atomic E-state index is 0.0337. The average Bonchev–Trinajstić information content (AvgIpc) is 3.05. The molecule has 0 unspecified atom stereocenters. The van der Waals surface area contributed by atoms with Crippen molar-refractivity contribution in [3.63, 3.8) is 0 Å². The van der Waals surface area contributed by atoms with Crippen molar-refractivity contribution in [2.24, 2.45) is 0 Å². The number of carboxylic acid groups (broad SMARTS) is 2. The number of aromatic carboxylic acids is 2. The fourth-order valence-electron chi connectivity index (χ4n) is 6.71. The maximum atomic E-state index is 13.0. The van der Waals surface area contributed by atoms with Gasteiger partial charge in [-0.25, -0.2) is 14.2 Å². The van der Waals surface area contributed by atoms with E-state index < -0.39 is 11.9 Å². The summed E-state index contributed by atoms with van der Waals surface area (Å²) in [5.74, 6) is -2.14. The number of benzene rings is 5. The number of carbonyl (C=O) groups is 2. The van der Waals surface area contributed by atoms with Crippen molar-refractivity contribution in [2.45, 2.75) is 27.7 Å². The van der Waals surface area contributed by atoms with E-state index in [1.807, 2.05) is 60.7 Å². The number of fused-ring (bicyclic) bond motifs is 6. The summed E-state index contributed by atoms with van der Waals surface area (Å²) >= 11 is 13.6. The monoisotopic (exact) mass is 655 g/mol. The Hall–Kier alpha value is -4.59. The van der Waals surface area contributed by atoms with Crippen molar-refractivity contribution >= 4 is 73.3 Å². The lowest BCUT2D eigenvalue weighted by Crippen LogP contribution is -2.30. The third kappa shape index (κ3) is 4.86. The summed E-state index contributed by atoms with van der Waals surface area (Å²) in [6.45, 7) is 11.4. The van der Waals surface area contributed by atoms with E-state index in [9.17, 15) is 19.8 Å². The molecular weight excluding hydrogens is 623 g/mol. The predicted octanol–water partition coefficient (Wildman–Crippen LogP) is 8.87. The minimum atomic E-state index is -1.32. The maximum Gasteiger partial charge on any atom is 0.337 e. The van der Waals surface area contributed by atoms with E-state index in [-0.39, 0.29) is 26.7 Å². The van der Waals surface area contributed by atoms with Crippen molar-refractivity contribution in [3.05, 3.63) is 93.3 Å². The summed E-state index contributed by atoms with van der Waals surface area (Å²) in [5, 5.41) is 25.3. The Morgan fingerprint density at radius 3 is 1.96 bits per heavy atom. The number of carboxylic acids is 2. The molecule has 0 saturated carbocycles. The summed E-state index contributed by atoms with van der Waals surface area (Å²) in [5.41, 5.74) is 2.01. The molecular formula is C37H33Cl2N2O5+. The van der Waals surface area contributed by atoms with E-state index in [2.05, 4.69) is 37.2 Å². The fourth-order valence-corrected chi connectivity index (χ4v) is 7.32. The molecule has 4 aromatic rings. The van der Waals surface area contributed by atoms with Gasteiger partial charge >= 0.3 is 11.9 Å². The van der Waals surface area contributed by atoms with Crippen LogP contribution in [0.5, 0.6) is 0 Å². The maximum absolute atomic E-state index is 13.0. The Labute approximate surface area is 275 Å². The minimum Gasteiger partial charge on any atom is -0.478 e. The molecule has 0 aromatic heterocycles. The number of nitrogens with zero attached hydrogens (tertiary/aromatic N) is 2. The lowest BCUT2D eigenvalue weighted by molar-refractivity contribution is 0.0682. The molecule has 1 heterocycles. The molecule has 0 atom stereocenters. The highest BCUT2D eigenvalue weighted by Gasteiger charge is 2.32. The molecule has 0 amide bonds. The zero-order valence-electron chi connectivity index (χ0n) is 25.9. The van der Waals surface area contributed by atoms with Crippen LogP contribution in [0.25, 0.3) is 55.0 Å². The first-order valence-corrected chi connectivity index (χ1v) is 16.1. The summed E-state index contributed by atoms with van der Waals surface area (Å²) in [6, 6.07) is 20.8. The van der Waals surface area contributed by atoms with Gasteiger partial charge in [0.2, 0.25) is 5.36 Å². The summed E-state index contributed by atoms with van der Waals surface area (Å²) in [4.78, 5) is 27.6. The van der Waals surface area contributed by atoms with Crippen molar-refractivity contribution in [1.82, 2.24) is 4.58 Å². The number of anilines is 1. The molecule has 0 spiro atoms. The van der Waals surface area contributed by atoms with Gasteiger partial charge in [-0.1, -0.05) is 65.7 Å². The van der Waals surface area contributed by atoms with Gasteiger partial charge in [0.05, 0.1) is 32.6 Å².